The first-order chi connectivity index (χ1) is 9.25. The van der Waals surface area contributed by atoms with Crippen LogP contribution in [0.5, 0.6) is 5.75 Å². The van der Waals surface area contributed by atoms with Crippen molar-refractivity contribution >= 4 is 24.0 Å². The lowest BCUT2D eigenvalue weighted by Gasteiger charge is -2.26. The lowest BCUT2D eigenvalue weighted by molar-refractivity contribution is 0.180. The van der Waals surface area contributed by atoms with Crippen LogP contribution in [0.3, 0.4) is 0 Å². The number of hydrogen-bond donors (Lipinski definition) is 1. The average Bonchev–Trinajstić information content (AvgIpc) is 2.67. The van der Waals surface area contributed by atoms with Gasteiger partial charge in [0.05, 0.1) is 0 Å². The summed E-state index contributed by atoms with van der Waals surface area (Å²) in [5.74, 6) is 0.850. The molecule has 1 aliphatic heterocycles. The lowest BCUT2D eigenvalue weighted by Crippen LogP contribution is -2.35. The number of hydrogen-bond acceptors (Lipinski definition) is 3. The smallest absolute Gasteiger partial charge is 0.120 e. The van der Waals surface area contributed by atoms with Crippen LogP contribution in [0.2, 0.25) is 5.02 Å². The van der Waals surface area contributed by atoms with Gasteiger partial charge in [0.2, 0.25) is 0 Å². The van der Waals surface area contributed by atoms with E-state index in [1.165, 1.54) is 19.3 Å². The largest absolute Gasteiger partial charge is 0.492 e. The molecule has 3 nitrogen and oxygen atoms in total. The molecule has 1 aromatic carbocycles. The van der Waals surface area contributed by atoms with Gasteiger partial charge in [-0.15, -0.1) is 12.4 Å². The van der Waals surface area contributed by atoms with Gasteiger partial charge in [0, 0.05) is 17.6 Å². The molecule has 20 heavy (non-hydrogen) atoms. The van der Waals surface area contributed by atoms with Crippen LogP contribution in [0.4, 0.5) is 0 Å². The van der Waals surface area contributed by atoms with E-state index in [0.717, 1.165) is 30.4 Å². The van der Waals surface area contributed by atoms with Crippen molar-refractivity contribution in [3.8, 4) is 5.75 Å². The molecule has 0 radical (unpaired) electrons. The second-order valence-corrected chi connectivity index (χ2v) is 5.56. The molecule has 2 rings (SSSR count). The van der Waals surface area contributed by atoms with Crippen LogP contribution in [0.25, 0.3) is 0 Å². The quantitative estimate of drug-likeness (QED) is 0.902. The predicted molar refractivity (Wildman–Crippen MR) is 87.3 cm³/mol. The number of nitrogens with zero attached hydrogens (tertiary/aromatic N) is 1. The summed E-state index contributed by atoms with van der Waals surface area (Å²) in [6.45, 7) is 3.95. The zero-order chi connectivity index (χ0) is 13.5. The van der Waals surface area contributed by atoms with Crippen LogP contribution < -0.4 is 10.1 Å². The maximum atomic E-state index is 5.93. The Balaban J connectivity index is 0.00000200. The van der Waals surface area contributed by atoms with E-state index in [-0.39, 0.29) is 12.4 Å². The van der Waals surface area contributed by atoms with E-state index in [1.54, 1.807) is 0 Å². The van der Waals surface area contributed by atoms with Crippen LogP contribution in [0, 0.1) is 0 Å². The molecular formula is C15H24Cl2N2O. The molecule has 0 spiro atoms. The number of likely N-dealkylation sites (N-methyl/N-ethyl adjacent to an activating group) is 1. The van der Waals surface area contributed by atoms with Crippen LogP contribution in [0.1, 0.15) is 19.3 Å². The molecule has 1 atom stereocenters. The maximum Gasteiger partial charge on any atom is 0.120 e. The van der Waals surface area contributed by atoms with Crippen LogP contribution in [-0.4, -0.2) is 44.2 Å². The van der Waals surface area contributed by atoms with E-state index in [0.29, 0.717) is 12.6 Å². The summed E-state index contributed by atoms with van der Waals surface area (Å²) >= 11 is 5.93. The van der Waals surface area contributed by atoms with Crippen molar-refractivity contribution in [2.24, 2.45) is 0 Å². The third-order valence-corrected chi connectivity index (χ3v) is 3.91. The Morgan fingerprint density at radius 2 is 2.20 bits per heavy atom. The van der Waals surface area contributed by atoms with Crippen molar-refractivity contribution in [3.05, 3.63) is 29.3 Å². The van der Waals surface area contributed by atoms with Gasteiger partial charge in [-0.2, -0.15) is 0 Å². The standard InChI is InChI=1S/C15H23ClN2O.ClH/c1-18(14-5-3-8-17-9-7-14)10-11-19-15-6-2-4-13(16)12-15;/h2,4,6,12,14,17H,3,5,7-11H2,1H3;1H. The predicted octanol–water partition coefficient (Wildman–Crippen LogP) is 3.21. The fourth-order valence-electron chi connectivity index (χ4n) is 2.49. The summed E-state index contributed by atoms with van der Waals surface area (Å²) in [6, 6.07) is 8.26. The summed E-state index contributed by atoms with van der Waals surface area (Å²) in [4.78, 5) is 2.41. The van der Waals surface area contributed by atoms with E-state index in [9.17, 15) is 0 Å². The highest BCUT2D eigenvalue weighted by Gasteiger charge is 2.16. The van der Waals surface area contributed by atoms with Gasteiger partial charge >= 0.3 is 0 Å². The summed E-state index contributed by atoms with van der Waals surface area (Å²) < 4.78 is 5.74. The molecule has 1 aromatic rings. The van der Waals surface area contributed by atoms with Gasteiger partial charge in [0.15, 0.2) is 0 Å². The van der Waals surface area contributed by atoms with E-state index >= 15 is 0 Å². The molecule has 1 unspecified atom stereocenters. The summed E-state index contributed by atoms with van der Waals surface area (Å²) in [5, 5.41) is 4.17. The van der Waals surface area contributed by atoms with E-state index < -0.39 is 0 Å². The molecule has 1 N–H and O–H groups in total. The van der Waals surface area contributed by atoms with E-state index in [2.05, 4.69) is 17.3 Å². The molecule has 0 aromatic heterocycles. The first-order valence-corrected chi connectivity index (χ1v) is 7.43. The highest BCUT2D eigenvalue weighted by Crippen LogP contribution is 2.17. The number of ether oxygens (including phenoxy) is 1. The maximum absolute atomic E-state index is 5.93. The van der Waals surface area contributed by atoms with Gasteiger partial charge in [-0.1, -0.05) is 17.7 Å². The molecule has 0 bridgehead atoms. The average molecular weight is 319 g/mol. The van der Waals surface area contributed by atoms with Crippen molar-refractivity contribution in [3.63, 3.8) is 0 Å². The van der Waals surface area contributed by atoms with Crippen LogP contribution in [-0.2, 0) is 0 Å². The minimum atomic E-state index is 0. The highest BCUT2D eigenvalue weighted by molar-refractivity contribution is 6.30. The topological polar surface area (TPSA) is 24.5 Å². The van der Waals surface area contributed by atoms with Crippen LogP contribution in [0.15, 0.2) is 24.3 Å². The van der Waals surface area contributed by atoms with E-state index in [4.69, 9.17) is 16.3 Å². The first-order valence-electron chi connectivity index (χ1n) is 7.05. The Kier molecular flexibility index (Phi) is 8.31. The molecule has 1 heterocycles. The molecule has 114 valence electrons. The van der Waals surface area contributed by atoms with Crippen LogP contribution >= 0.6 is 24.0 Å². The number of benzene rings is 1. The minimum Gasteiger partial charge on any atom is -0.492 e. The second kappa shape index (κ2) is 9.46. The Hall–Kier alpha value is -0.480. The van der Waals surface area contributed by atoms with Crippen molar-refractivity contribution < 1.29 is 4.74 Å². The third kappa shape index (κ3) is 5.88. The SMILES string of the molecule is CN(CCOc1cccc(Cl)c1)C1CCCNCC1.Cl. The number of rotatable bonds is 5. The monoisotopic (exact) mass is 318 g/mol. The van der Waals surface area contributed by atoms with Crippen molar-refractivity contribution in [2.45, 2.75) is 25.3 Å². The molecule has 1 aliphatic rings. The second-order valence-electron chi connectivity index (χ2n) is 5.12. The number of halogens is 2. The molecule has 0 amide bonds. The normalized spacial score (nSPS) is 19.2. The molecule has 5 heteroatoms. The fraction of sp³-hybridized carbons (Fsp3) is 0.600. The van der Waals surface area contributed by atoms with Gasteiger partial charge in [0.25, 0.3) is 0 Å². The van der Waals surface area contributed by atoms with Crippen molar-refractivity contribution in [1.29, 1.82) is 0 Å². The lowest BCUT2D eigenvalue weighted by atomic mass is 10.1. The molecule has 1 fully saturated rings. The number of nitrogens with one attached hydrogen (secondary N) is 1. The van der Waals surface area contributed by atoms with Gasteiger partial charge < -0.3 is 10.1 Å². The molecule has 0 saturated carbocycles. The summed E-state index contributed by atoms with van der Waals surface area (Å²) in [6.07, 6.45) is 3.78. The molecule has 0 aliphatic carbocycles. The highest BCUT2D eigenvalue weighted by atomic mass is 35.5. The summed E-state index contributed by atoms with van der Waals surface area (Å²) in [5.41, 5.74) is 0. The Bertz CT molecular complexity index is 382. The summed E-state index contributed by atoms with van der Waals surface area (Å²) in [7, 11) is 2.19. The van der Waals surface area contributed by atoms with Crippen molar-refractivity contribution in [1.82, 2.24) is 10.2 Å². The van der Waals surface area contributed by atoms with E-state index in [1.807, 2.05) is 24.3 Å². The Labute approximate surface area is 133 Å². The molecule has 1 saturated heterocycles. The Morgan fingerprint density at radius 1 is 1.35 bits per heavy atom. The van der Waals surface area contributed by atoms with Gasteiger partial charge in [0.1, 0.15) is 12.4 Å². The fourth-order valence-corrected chi connectivity index (χ4v) is 2.67. The van der Waals surface area contributed by atoms with Gasteiger partial charge in [-0.25, -0.2) is 0 Å². The molecular weight excluding hydrogens is 295 g/mol. The third-order valence-electron chi connectivity index (χ3n) is 3.68. The Morgan fingerprint density at radius 3 is 3.00 bits per heavy atom. The van der Waals surface area contributed by atoms with Gasteiger partial charge in [-0.05, 0) is 57.6 Å². The van der Waals surface area contributed by atoms with Crippen molar-refractivity contribution in [2.75, 3.05) is 33.3 Å². The minimum absolute atomic E-state index is 0. The zero-order valence-electron chi connectivity index (χ0n) is 12.0. The first kappa shape index (κ1) is 17.6. The van der Waals surface area contributed by atoms with Gasteiger partial charge in [-0.3, -0.25) is 4.90 Å². The zero-order valence-corrected chi connectivity index (χ0v) is 13.6.